The van der Waals surface area contributed by atoms with Crippen molar-refractivity contribution in [3.63, 3.8) is 0 Å². The van der Waals surface area contributed by atoms with Crippen LogP contribution < -0.4 is 0 Å². The number of aryl methyl sites for hydroxylation is 1. The highest BCUT2D eigenvalue weighted by atomic mass is 79.9. The van der Waals surface area contributed by atoms with E-state index in [0.29, 0.717) is 30.3 Å². The van der Waals surface area contributed by atoms with E-state index in [2.05, 4.69) is 15.9 Å². The number of amides is 1. The van der Waals surface area contributed by atoms with Gasteiger partial charge in [0.25, 0.3) is 5.91 Å². The monoisotopic (exact) mass is 331 g/mol. The molecule has 1 heterocycles. The molecule has 1 aromatic carbocycles. The predicted molar refractivity (Wildman–Crippen MR) is 75.6 cm³/mol. The third kappa shape index (κ3) is 3.05. The third-order valence-corrected chi connectivity index (χ3v) is 4.15. The smallest absolute Gasteiger partial charge is 0.254 e. The van der Waals surface area contributed by atoms with Crippen LogP contribution >= 0.6 is 27.5 Å². The van der Waals surface area contributed by atoms with E-state index in [1.165, 1.54) is 0 Å². The standard InChI is InChI=1S/C13H15BrClNO2/c1-9-6-10(2-3-12(9)15)13(17)16-4-5-18-11(7-14)8-16/h2-3,6,11H,4-5,7-8H2,1H3. The predicted octanol–water partition coefficient (Wildman–Crippen LogP) is 2.88. The maximum Gasteiger partial charge on any atom is 0.254 e. The number of nitrogens with zero attached hydrogens (tertiary/aromatic N) is 1. The fourth-order valence-corrected chi connectivity index (χ4v) is 2.47. The van der Waals surface area contributed by atoms with E-state index in [1.807, 2.05) is 17.9 Å². The van der Waals surface area contributed by atoms with Gasteiger partial charge in [-0.2, -0.15) is 0 Å². The summed E-state index contributed by atoms with van der Waals surface area (Å²) in [7, 11) is 0. The fraction of sp³-hybridized carbons (Fsp3) is 0.462. The largest absolute Gasteiger partial charge is 0.374 e. The molecular weight excluding hydrogens is 318 g/mol. The molecule has 0 aliphatic carbocycles. The summed E-state index contributed by atoms with van der Waals surface area (Å²) in [5, 5.41) is 1.43. The van der Waals surface area contributed by atoms with Gasteiger partial charge >= 0.3 is 0 Å². The van der Waals surface area contributed by atoms with E-state index in [1.54, 1.807) is 12.1 Å². The number of ether oxygens (including phenoxy) is 1. The lowest BCUT2D eigenvalue weighted by atomic mass is 10.1. The van der Waals surface area contributed by atoms with Crippen molar-refractivity contribution in [2.24, 2.45) is 0 Å². The number of carbonyl (C=O) groups excluding carboxylic acids is 1. The number of carbonyl (C=O) groups is 1. The maximum absolute atomic E-state index is 12.3. The van der Waals surface area contributed by atoms with Gasteiger partial charge in [-0.25, -0.2) is 0 Å². The molecule has 0 radical (unpaired) electrons. The first-order chi connectivity index (χ1) is 8.61. The van der Waals surface area contributed by atoms with Gasteiger partial charge in [0, 0.05) is 29.0 Å². The van der Waals surface area contributed by atoms with E-state index < -0.39 is 0 Å². The molecule has 1 aromatic rings. The van der Waals surface area contributed by atoms with Gasteiger partial charge in [-0.05, 0) is 30.7 Å². The van der Waals surface area contributed by atoms with Crippen LogP contribution in [0.4, 0.5) is 0 Å². The Morgan fingerprint density at radius 2 is 2.39 bits per heavy atom. The second-order valence-corrected chi connectivity index (χ2v) is 5.42. The van der Waals surface area contributed by atoms with Crippen molar-refractivity contribution in [3.05, 3.63) is 34.3 Å². The van der Waals surface area contributed by atoms with E-state index in [0.717, 1.165) is 10.9 Å². The van der Waals surface area contributed by atoms with Gasteiger partial charge in [0.2, 0.25) is 0 Å². The molecule has 5 heteroatoms. The van der Waals surface area contributed by atoms with Crippen molar-refractivity contribution >= 4 is 33.4 Å². The van der Waals surface area contributed by atoms with E-state index in [4.69, 9.17) is 16.3 Å². The van der Waals surface area contributed by atoms with Crippen LogP contribution in [0.15, 0.2) is 18.2 Å². The first-order valence-corrected chi connectivity index (χ1v) is 7.34. The summed E-state index contributed by atoms with van der Waals surface area (Å²) in [5.41, 5.74) is 1.61. The quantitative estimate of drug-likeness (QED) is 0.779. The van der Waals surface area contributed by atoms with E-state index >= 15 is 0 Å². The zero-order valence-electron chi connectivity index (χ0n) is 10.2. The molecule has 1 atom stereocenters. The Kier molecular flexibility index (Phi) is 4.65. The lowest BCUT2D eigenvalue weighted by Crippen LogP contribution is -2.46. The first-order valence-electron chi connectivity index (χ1n) is 5.85. The van der Waals surface area contributed by atoms with Crippen molar-refractivity contribution in [1.82, 2.24) is 4.90 Å². The number of benzene rings is 1. The number of hydrogen-bond acceptors (Lipinski definition) is 2. The number of alkyl halides is 1. The number of morpholine rings is 1. The Morgan fingerprint density at radius 1 is 1.61 bits per heavy atom. The van der Waals surface area contributed by atoms with Crippen LogP contribution in [0.2, 0.25) is 5.02 Å². The Balaban J connectivity index is 2.12. The van der Waals surface area contributed by atoms with Gasteiger partial charge in [-0.15, -0.1) is 0 Å². The Hall–Kier alpha value is -0.580. The molecule has 18 heavy (non-hydrogen) atoms. The SMILES string of the molecule is Cc1cc(C(=O)N2CCOC(CBr)C2)ccc1Cl. The van der Waals surface area contributed by atoms with Crippen molar-refractivity contribution in [2.45, 2.75) is 13.0 Å². The van der Waals surface area contributed by atoms with E-state index in [-0.39, 0.29) is 12.0 Å². The number of rotatable bonds is 2. The van der Waals surface area contributed by atoms with Crippen LogP contribution in [0.3, 0.4) is 0 Å². The van der Waals surface area contributed by atoms with Crippen LogP contribution in [-0.2, 0) is 4.74 Å². The molecular formula is C13H15BrClNO2. The molecule has 0 bridgehead atoms. The van der Waals surface area contributed by atoms with Crippen LogP contribution in [0, 0.1) is 6.92 Å². The number of hydrogen-bond donors (Lipinski definition) is 0. The molecule has 0 N–H and O–H groups in total. The molecule has 1 saturated heterocycles. The maximum atomic E-state index is 12.3. The summed E-state index contributed by atoms with van der Waals surface area (Å²) in [6.07, 6.45) is 0.0797. The Morgan fingerprint density at radius 3 is 3.06 bits per heavy atom. The van der Waals surface area contributed by atoms with Crippen LogP contribution in [0.25, 0.3) is 0 Å². The minimum absolute atomic E-state index is 0.0454. The molecule has 0 spiro atoms. The van der Waals surface area contributed by atoms with Gasteiger partial charge in [0.15, 0.2) is 0 Å². The molecule has 2 rings (SSSR count). The molecule has 1 fully saturated rings. The average molecular weight is 333 g/mol. The first kappa shape index (κ1) is 13.8. The molecule has 0 aromatic heterocycles. The molecule has 1 aliphatic rings. The second kappa shape index (κ2) is 6.04. The summed E-state index contributed by atoms with van der Waals surface area (Å²) >= 11 is 9.35. The molecule has 1 amide bonds. The van der Waals surface area contributed by atoms with Crippen LogP contribution in [0.5, 0.6) is 0 Å². The third-order valence-electron chi connectivity index (χ3n) is 3.00. The molecule has 0 saturated carbocycles. The minimum Gasteiger partial charge on any atom is -0.374 e. The summed E-state index contributed by atoms with van der Waals surface area (Å²) < 4.78 is 5.52. The highest BCUT2D eigenvalue weighted by molar-refractivity contribution is 9.09. The van der Waals surface area contributed by atoms with Crippen LogP contribution in [0.1, 0.15) is 15.9 Å². The summed E-state index contributed by atoms with van der Waals surface area (Å²) in [6.45, 7) is 3.77. The van der Waals surface area contributed by atoms with Crippen LogP contribution in [-0.4, -0.2) is 41.9 Å². The lowest BCUT2D eigenvalue weighted by Gasteiger charge is -2.32. The lowest BCUT2D eigenvalue weighted by molar-refractivity contribution is -0.00965. The van der Waals surface area contributed by atoms with Gasteiger partial charge in [0.05, 0.1) is 12.7 Å². The molecule has 3 nitrogen and oxygen atoms in total. The van der Waals surface area contributed by atoms with Gasteiger partial charge in [-0.1, -0.05) is 27.5 Å². The van der Waals surface area contributed by atoms with Gasteiger partial charge in [-0.3, -0.25) is 4.79 Å². The number of halogens is 2. The Labute approximate surface area is 120 Å². The normalized spacial score (nSPS) is 19.9. The zero-order chi connectivity index (χ0) is 13.1. The van der Waals surface area contributed by atoms with Crippen molar-refractivity contribution < 1.29 is 9.53 Å². The van der Waals surface area contributed by atoms with Crippen molar-refractivity contribution in [1.29, 1.82) is 0 Å². The summed E-state index contributed by atoms with van der Waals surface area (Å²) in [5.74, 6) is 0.0454. The Bertz CT molecular complexity index is 453. The molecule has 1 aliphatic heterocycles. The summed E-state index contributed by atoms with van der Waals surface area (Å²) in [6, 6.07) is 5.38. The highest BCUT2D eigenvalue weighted by Crippen LogP contribution is 2.18. The fourth-order valence-electron chi connectivity index (χ4n) is 1.96. The van der Waals surface area contributed by atoms with Gasteiger partial charge in [0.1, 0.15) is 0 Å². The van der Waals surface area contributed by atoms with Crippen molar-refractivity contribution in [3.8, 4) is 0 Å². The molecule has 98 valence electrons. The second-order valence-electron chi connectivity index (χ2n) is 4.36. The zero-order valence-corrected chi connectivity index (χ0v) is 12.5. The topological polar surface area (TPSA) is 29.5 Å². The average Bonchev–Trinajstić information content (AvgIpc) is 2.41. The highest BCUT2D eigenvalue weighted by Gasteiger charge is 2.24. The summed E-state index contributed by atoms with van der Waals surface area (Å²) in [4.78, 5) is 14.2. The van der Waals surface area contributed by atoms with Gasteiger partial charge < -0.3 is 9.64 Å². The van der Waals surface area contributed by atoms with E-state index in [9.17, 15) is 4.79 Å². The molecule has 1 unspecified atom stereocenters. The minimum atomic E-state index is 0.0454. The van der Waals surface area contributed by atoms with Crippen molar-refractivity contribution in [2.75, 3.05) is 25.0 Å².